The van der Waals surface area contributed by atoms with Crippen molar-refractivity contribution in [1.29, 1.82) is 0 Å². The Morgan fingerprint density at radius 2 is 1.54 bits per heavy atom. The molecule has 0 saturated heterocycles. The number of alkyl carbamates (subject to hydrolysis) is 1. The van der Waals surface area contributed by atoms with Crippen molar-refractivity contribution in [3.05, 3.63) is 93.1 Å². The van der Waals surface area contributed by atoms with E-state index in [1.165, 1.54) is 0 Å². The molecule has 192 valence electrons. The van der Waals surface area contributed by atoms with Crippen LogP contribution in [-0.2, 0) is 20.7 Å². The van der Waals surface area contributed by atoms with Gasteiger partial charge in [-0.1, -0.05) is 60.7 Å². The lowest BCUT2D eigenvalue weighted by atomic mass is 9.98. The summed E-state index contributed by atoms with van der Waals surface area (Å²) >= 11 is 2.24. The number of carboxylic acid groups (broad SMARTS) is 1. The van der Waals surface area contributed by atoms with Crippen molar-refractivity contribution in [1.82, 2.24) is 10.6 Å². The summed E-state index contributed by atoms with van der Waals surface area (Å²) in [6.45, 7) is 0.246. The van der Waals surface area contributed by atoms with Crippen LogP contribution in [0.3, 0.4) is 0 Å². The topological polar surface area (TPSA) is 105 Å². The summed E-state index contributed by atoms with van der Waals surface area (Å²) in [4.78, 5) is 36.2. The predicted molar refractivity (Wildman–Crippen MR) is 149 cm³/mol. The zero-order valence-corrected chi connectivity index (χ0v) is 22.4. The fourth-order valence-electron chi connectivity index (χ4n) is 4.60. The van der Waals surface area contributed by atoms with Gasteiger partial charge in [0, 0.05) is 22.5 Å². The lowest BCUT2D eigenvalue weighted by molar-refractivity contribution is -0.142. The molecule has 0 unspecified atom stereocenters. The third kappa shape index (κ3) is 7.09. The Morgan fingerprint density at radius 3 is 2.16 bits per heavy atom. The first-order chi connectivity index (χ1) is 17.9. The lowest BCUT2D eigenvalue weighted by Gasteiger charge is -2.16. The molecule has 0 radical (unpaired) electrons. The number of carboxylic acids is 1. The zero-order valence-electron chi connectivity index (χ0n) is 20.3. The molecule has 0 heterocycles. The minimum Gasteiger partial charge on any atom is -0.480 e. The standard InChI is InChI=1S/C29H29IN2O5/c30-20-14-12-19(13-15-20)6-5-11-27(33)32-26(28(34)35)16-17-31-29(36)37-18-25-23-9-3-1-7-21(23)22-8-2-4-10-24(22)25/h1-4,7-10,12-15,25-26H,5-6,11,16-18H2,(H,31,36)(H,32,33)(H,34,35)/t26-/m0/s1. The van der Waals surface area contributed by atoms with Gasteiger partial charge in [0.15, 0.2) is 0 Å². The number of aliphatic carboxylic acids is 1. The quantitative estimate of drug-likeness (QED) is 0.261. The second kappa shape index (κ2) is 12.7. The van der Waals surface area contributed by atoms with E-state index in [4.69, 9.17) is 4.74 Å². The number of carbonyl (C=O) groups is 3. The molecular formula is C29H29IN2O5. The van der Waals surface area contributed by atoms with Gasteiger partial charge in [0.1, 0.15) is 12.6 Å². The maximum Gasteiger partial charge on any atom is 0.407 e. The smallest absolute Gasteiger partial charge is 0.407 e. The number of benzene rings is 3. The van der Waals surface area contributed by atoms with Gasteiger partial charge in [-0.15, -0.1) is 0 Å². The molecule has 1 aliphatic rings. The fourth-order valence-corrected chi connectivity index (χ4v) is 4.96. The Bertz CT molecular complexity index is 1220. The van der Waals surface area contributed by atoms with Crippen LogP contribution in [0, 0.1) is 3.57 Å². The second-order valence-corrected chi connectivity index (χ2v) is 10.2. The highest BCUT2D eigenvalue weighted by Gasteiger charge is 2.29. The van der Waals surface area contributed by atoms with Gasteiger partial charge in [-0.05, 0) is 81.8 Å². The van der Waals surface area contributed by atoms with E-state index in [1.54, 1.807) is 0 Å². The Hall–Kier alpha value is -3.40. The summed E-state index contributed by atoms with van der Waals surface area (Å²) in [6.07, 6.45) is 1.04. The van der Waals surface area contributed by atoms with Gasteiger partial charge in [-0.2, -0.15) is 0 Å². The SMILES string of the molecule is O=C(CCCc1ccc(I)cc1)N[C@@H](CCNC(=O)OCC1c2ccccc2-c2ccccc21)C(=O)O. The van der Waals surface area contributed by atoms with E-state index >= 15 is 0 Å². The predicted octanol–water partition coefficient (Wildman–Crippen LogP) is 5.11. The molecule has 2 amide bonds. The summed E-state index contributed by atoms with van der Waals surface area (Å²) in [5.41, 5.74) is 5.66. The van der Waals surface area contributed by atoms with Gasteiger partial charge in [-0.25, -0.2) is 9.59 Å². The third-order valence-corrected chi connectivity index (χ3v) is 7.18. The number of carbonyl (C=O) groups excluding carboxylic acids is 2. The van der Waals surface area contributed by atoms with Crippen molar-refractivity contribution >= 4 is 40.6 Å². The number of ether oxygens (including phenoxy) is 1. The van der Waals surface area contributed by atoms with E-state index in [2.05, 4.69) is 45.4 Å². The molecule has 37 heavy (non-hydrogen) atoms. The molecule has 8 heteroatoms. The maximum absolute atomic E-state index is 12.3. The molecular weight excluding hydrogens is 583 g/mol. The van der Waals surface area contributed by atoms with Gasteiger partial charge in [0.25, 0.3) is 0 Å². The van der Waals surface area contributed by atoms with Crippen molar-refractivity contribution in [2.45, 2.75) is 37.6 Å². The molecule has 4 rings (SSSR count). The van der Waals surface area contributed by atoms with Gasteiger partial charge in [0.05, 0.1) is 0 Å². The molecule has 7 nitrogen and oxygen atoms in total. The molecule has 0 saturated carbocycles. The van der Waals surface area contributed by atoms with E-state index in [9.17, 15) is 19.5 Å². The van der Waals surface area contributed by atoms with Crippen molar-refractivity contribution in [3.8, 4) is 11.1 Å². The van der Waals surface area contributed by atoms with Gasteiger partial charge < -0.3 is 20.5 Å². The van der Waals surface area contributed by atoms with Crippen LogP contribution >= 0.6 is 22.6 Å². The van der Waals surface area contributed by atoms with Crippen LogP contribution in [0.2, 0.25) is 0 Å². The number of rotatable bonds is 11. The largest absolute Gasteiger partial charge is 0.480 e. The van der Waals surface area contributed by atoms with Gasteiger partial charge in [-0.3, -0.25) is 4.79 Å². The molecule has 0 fully saturated rings. The summed E-state index contributed by atoms with van der Waals surface area (Å²) in [5, 5.41) is 14.6. The van der Waals surface area contributed by atoms with E-state index in [0.29, 0.717) is 6.42 Å². The van der Waals surface area contributed by atoms with Crippen molar-refractivity contribution in [3.63, 3.8) is 0 Å². The van der Waals surface area contributed by atoms with E-state index < -0.39 is 18.1 Å². The summed E-state index contributed by atoms with van der Waals surface area (Å²) in [7, 11) is 0. The zero-order chi connectivity index (χ0) is 26.2. The second-order valence-electron chi connectivity index (χ2n) is 8.98. The van der Waals surface area contributed by atoms with Crippen LogP contribution in [0.5, 0.6) is 0 Å². The number of fused-ring (bicyclic) bond motifs is 3. The van der Waals surface area contributed by atoms with Crippen molar-refractivity contribution in [2.24, 2.45) is 0 Å². The molecule has 1 atom stereocenters. The average Bonchev–Trinajstić information content (AvgIpc) is 3.21. The minimum atomic E-state index is -1.14. The normalized spacial score (nSPS) is 12.8. The Labute approximate surface area is 229 Å². The number of hydrogen-bond acceptors (Lipinski definition) is 4. The maximum atomic E-state index is 12.3. The highest BCUT2D eigenvalue weighted by Crippen LogP contribution is 2.44. The number of amides is 2. The van der Waals surface area contributed by atoms with Crippen molar-refractivity contribution < 1.29 is 24.2 Å². The number of halogens is 1. The van der Waals surface area contributed by atoms with Gasteiger partial charge >= 0.3 is 12.1 Å². The van der Waals surface area contributed by atoms with Crippen LogP contribution in [0.4, 0.5) is 4.79 Å². The molecule has 3 aromatic rings. The van der Waals surface area contributed by atoms with Crippen LogP contribution in [-0.4, -0.2) is 42.3 Å². The minimum absolute atomic E-state index is 0.0521. The third-order valence-electron chi connectivity index (χ3n) is 6.46. The monoisotopic (exact) mass is 612 g/mol. The first-order valence-electron chi connectivity index (χ1n) is 12.3. The van der Waals surface area contributed by atoms with Crippen LogP contribution < -0.4 is 10.6 Å². The van der Waals surface area contributed by atoms with Crippen LogP contribution in [0.1, 0.15) is 41.9 Å². The highest BCUT2D eigenvalue weighted by molar-refractivity contribution is 14.1. The van der Waals surface area contributed by atoms with Gasteiger partial charge in [0.2, 0.25) is 5.91 Å². The Balaban J connectivity index is 1.20. The molecule has 0 aromatic heterocycles. The number of aryl methyl sites for hydroxylation is 1. The lowest BCUT2D eigenvalue weighted by Crippen LogP contribution is -2.43. The summed E-state index contributed by atoms with van der Waals surface area (Å²) < 4.78 is 6.63. The molecule has 3 N–H and O–H groups in total. The highest BCUT2D eigenvalue weighted by atomic mass is 127. The Morgan fingerprint density at radius 1 is 0.919 bits per heavy atom. The first-order valence-corrected chi connectivity index (χ1v) is 13.4. The number of hydrogen-bond donors (Lipinski definition) is 3. The summed E-state index contributed by atoms with van der Waals surface area (Å²) in [5.74, 6) is -1.51. The Kier molecular flexibility index (Phi) is 9.16. The van der Waals surface area contributed by atoms with E-state index in [1.807, 2.05) is 60.7 Å². The van der Waals surface area contributed by atoms with Crippen LogP contribution in [0.25, 0.3) is 11.1 Å². The van der Waals surface area contributed by atoms with E-state index in [-0.39, 0.29) is 37.8 Å². The molecule has 1 aliphatic carbocycles. The molecule has 3 aromatic carbocycles. The van der Waals surface area contributed by atoms with E-state index in [0.717, 1.165) is 37.8 Å². The average molecular weight is 612 g/mol. The van der Waals surface area contributed by atoms with Crippen LogP contribution in [0.15, 0.2) is 72.8 Å². The number of nitrogens with one attached hydrogen (secondary N) is 2. The summed E-state index contributed by atoms with van der Waals surface area (Å²) in [6, 6.07) is 23.1. The molecule has 0 bridgehead atoms. The molecule has 0 aliphatic heterocycles. The first kappa shape index (κ1) is 26.7. The molecule has 0 spiro atoms. The van der Waals surface area contributed by atoms with Crippen molar-refractivity contribution in [2.75, 3.05) is 13.2 Å². The fraction of sp³-hybridized carbons (Fsp3) is 0.276.